The van der Waals surface area contributed by atoms with Crippen LogP contribution in [0.4, 0.5) is 0 Å². The van der Waals surface area contributed by atoms with E-state index < -0.39 is 0 Å². The minimum Gasteiger partial charge on any atom is -0.374 e. The Kier molecular flexibility index (Phi) is 6.32. The maximum Gasteiger partial charge on any atom is 0.0804 e. The molecule has 0 unspecified atom stereocenters. The van der Waals surface area contributed by atoms with Gasteiger partial charge in [0.25, 0.3) is 0 Å². The van der Waals surface area contributed by atoms with Crippen molar-refractivity contribution in [1.29, 1.82) is 0 Å². The van der Waals surface area contributed by atoms with Crippen LogP contribution in [0.5, 0.6) is 0 Å². The average molecular weight is 228 g/mol. The summed E-state index contributed by atoms with van der Waals surface area (Å²) in [5.41, 5.74) is 5.92. The molecule has 1 aliphatic carbocycles. The Balaban J connectivity index is 2.28. The summed E-state index contributed by atoms with van der Waals surface area (Å²) in [7, 11) is 4.20. The van der Waals surface area contributed by atoms with E-state index >= 15 is 0 Å². The molecular formula is C13H28N2O. The molecule has 3 heteroatoms. The molecule has 0 amide bonds. The normalized spacial score (nSPS) is 21.0. The van der Waals surface area contributed by atoms with Crippen molar-refractivity contribution in [3.05, 3.63) is 0 Å². The van der Waals surface area contributed by atoms with Crippen LogP contribution >= 0.6 is 0 Å². The number of hydrogen-bond donors (Lipinski definition) is 1. The first kappa shape index (κ1) is 13.9. The lowest BCUT2D eigenvalue weighted by molar-refractivity contribution is -0.0513. The summed E-state index contributed by atoms with van der Waals surface area (Å²) in [5.74, 6) is 0. The highest BCUT2D eigenvalue weighted by molar-refractivity contribution is 4.84. The van der Waals surface area contributed by atoms with Crippen molar-refractivity contribution in [3.63, 3.8) is 0 Å². The van der Waals surface area contributed by atoms with E-state index in [9.17, 15) is 0 Å². The SMILES string of the molecule is CN(C)CCCOC1(CN)CCCCCC1. The Labute approximate surface area is 100 Å². The lowest BCUT2D eigenvalue weighted by Gasteiger charge is -2.32. The minimum absolute atomic E-state index is 0.00279. The molecule has 0 spiro atoms. The maximum absolute atomic E-state index is 6.10. The van der Waals surface area contributed by atoms with Gasteiger partial charge in [-0.2, -0.15) is 0 Å². The molecule has 0 bridgehead atoms. The van der Waals surface area contributed by atoms with Gasteiger partial charge in [0.05, 0.1) is 5.60 Å². The zero-order valence-electron chi connectivity index (χ0n) is 11.0. The minimum atomic E-state index is 0.00279. The number of rotatable bonds is 6. The van der Waals surface area contributed by atoms with Gasteiger partial charge in [-0.3, -0.25) is 0 Å². The Morgan fingerprint density at radius 3 is 2.25 bits per heavy atom. The van der Waals surface area contributed by atoms with Crippen molar-refractivity contribution < 1.29 is 4.74 Å². The molecule has 0 aromatic carbocycles. The molecule has 1 saturated carbocycles. The van der Waals surface area contributed by atoms with Gasteiger partial charge < -0.3 is 15.4 Å². The summed E-state index contributed by atoms with van der Waals surface area (Å²) in [4.78, 5) is 2.20. The lowest BCUT2D eigenvalue weighted by atomic mass is 9.94. The van der Waals surface area contributed by atoms with Crippen molar-refractivity contribution >= 4 is 0 Å². The standard InChI is InChI=1S/C13H28N2O/c1-15(2)10-7-11-16-13(12-14)8-5-3-4-6-9-13/h3-12,14H2,1-2H3. The Morgan fingerprint density at radius 2 is 1.75 bits per heavy atom. The molecule has 16 heavy (non-hydrogen) atoms. The first-order valence-electron chi connectivity index (χ1n) is 6.67. The van der Waals surface area contributed by atoms with E-state index in [-0.39, 0.29) is 5.60 Å². The molecule has 96 valence electrons. The fraction of sp³-hybridized carbons (Fsp3) is 1.00. The van der Waals surface area contributed by atoms with Crippen molar-refractivity contribution in [1.82, 2.24) is 4.90 Å². The smallest absolute Gasteiger partial charge is 0.0804 e. The Bertz CT molecular complexity index is 175. The molecule has 0 atom stereocenters. The summed E-state index contributed by atoms with van der Waals surface area (Å²) in [6.45, 7) is 2.64. The third-order valence-corrected chi connectivity index (χ3v) is 3.54. The monoisotopic (exact) mass is 228 g/mol. The van der Waals surface area contributed by atoms with E-state index in [4.69, 9.17) is 10.5 Å². The highest BCUT2D eigenvalue weighted by Gasteiger charge is 2.29. The summed E-state index contributed by atoms with van der Waals surface area (Å²) < 4.78 is 6.10. The molecule has 1 fully saturated rings. The molecule has 1 aliphatic rings. The molecule has 2 N–H and O–H groups in total. The zero-order valence-corrected chi connectivity index (χ0v) is 11.0. The van der Waals surface area contributed by atoms with Crippen LogP contribution in [0.15, 0.2) is 0 Å². The fourth-order valence-electron chi connectivity index (χ4n) is 2.45. The summed E-state index contributed by atoms with van der Waals surface area (Å²) in [5, 5.41) is 0. The topological polar surface area (TPSA) is 38.5 Å². The number of ether oxygens (including phenoxy) is 1. The lowest BCUT2D eigenvalue weighted by Crippen LogP contribution is -2.40. The van der Waals surface area contributed by atoms with E-state index in [2.05, 4.69) is 19.0 Å². The van der Waals surface area contributed by atoms with Crippen molar-refractivity contribution in [2.75, 3.05) is 33.8 Å². The molecule has 0 aliphatic heterocycles. The molecule has 0 radical (unpaired) electrons. The highest BCUT2D eigenvalue weighted by atomic mass is 16.5. The second-order valence-electron chi connectivity index (χ2n) is 5.31. The van der Waals surface area contributed by atoms with Gasteiger partial charge in [-0.05, 0) is 39.9 Å². The van der Waals surface area contributed by atoms with Crippen LogP contribution in [0.2, 0.25) is 0 Å². The zero-order chi connectivity index (χ0) is 11.9. The molecule has 0 saturated heterocycles. The van der Waals surface area contributed by atoms with Gasteiger partial charge in [0.15, 0.2) is 0 Å². The largest absolute Gasteiger partial charge is 0.374 e. The predicted octanol–water partition coefficient (Wildman–Crippen LogP) is 2.01. The van der Waals surface area contributed by atoms with Crippen molar-refractivity contribution in [3.8, 4) is 0 Å². The first-order valence-corrected chi connectivity index (χ1v) is 6.67. The van der Waals surface area contributed by atoms with Gasteiger partial charge >= 0.3 is 0 Å². The predicted molar refractivity (Wildman–Crippen MR) is 68.6 cm³/mol. The van der Waals surface area contributed by atoms with Crippen molar-refractivity contribution in [2.24, 2.45) is 5.73 Å². The van der Waals surface area contributed by atoms with Gasteiger partial charge in [0.2, 0.25) is 0 Å². The maximum atomic E-state index is 6.10. The van der Waals surface area contributed by atoms with Crippen LogP contribution in [0.3, 0.4) is 0 Å². The molecular weight excluding hydrogens is 200 g/mol. The van der Waals surface area contributed by atoms with E-state index in [0.717, 1.165) is 32.4 Å². The third-order valence-electron chi connectivity index (χ3n) is 3.54. The van der Waals surface area contributed by atoms with E-state index in [1.807, 2.05) is 0 Å². The van der Waals surface area contributed by atoms with E-state index in [0.29, 0.717) is 6.54 Å². The van der Waals surface area contributed by atoms with Crippen molar-refractivity contribution in [2.45, 2.75) is 50.5 Å². The molecule has 0 aromatic rings. The Hall–Kier alpha value is -0.120. The van der Waals surface area contributed by atoms with Crippen LogP contribution in [-0.4, -0.2) is 44.3 Å². The van der Waals surface area contributed by atoms with Gasteiger partial charge in [-0.25, -0.2) is 0 Å². The van der Waals surface area contributed by atoms with Crippen LogP contribution < -0.4 is 5.73 Å². The van der Waals surface area contributed by atoms with Gasteiger partial charge in [0.1, 0.15) is 0 Å². The third kappa shape index (κ3) is 4.81. The van der Waals surface area contributed by atoms with Crippen LogP contribution in [0.25, 0.3) is 0 Å². The molecule has 0 heterocycles. The second kappa shape index (κ2) is 7.25. The fourth-order valence-corrected chi connectivity index (χ4v) is 2.45. The summed E-state index contributed by atoms with van der Waals surface area (Å²) >= 11 is 0. The second-order valence-corrected chi connectivity index (χ2v) is 5.31. The number of nitrogens with zero attached hydrogens (tertiary/aromatic N) is 1. The van der Waals surface area contributed by atoms with Gasteiger partial charge in [-0.15, -0.1) is 0 Å². The quantitative estimate of drug-likeness (QED) is 0.558. The highest BCUT2D eigenvalue weighted by Crippen LogP contribution is 2.29. The first-order chi connectivity index (χ1) is 7.68. The van der Waals surface area contributed by atoms with Gasteiger partial charge in [0, 0.05) is 13.2 Å². The molecule has 3 nitrogen and oxygen atoms in total. The molecule has 1 rings (SSSR count). The summed E-state index contributed by atoms with van der Waals surface area (Å²) in [6, 6.07) is 0. The summed E-state index contributed by atoms with van der Waals surface area (Å²) in [6.07, 6.45) is 8.69. The van der Waals surface area contributed by atoms with Crippen LogP contribution in [0, 0.1) is 0 Å². The van der Waals surface area contributed by atoms with Gasteiger partial charge in [-0.1, -0.05) is 25.7 Å². The number of nitrogens with two attached hydrogens (primary N) is 1. The van der Waals surface area contributed by atoms with E-state index in [1.165, 1.54) is 25.7 Å². The van der Waals surface area contributed by atoms with Crippen LogP contribution in [-0.2, 0) is 4.74 Å². The average Bonchev–Trinajstić information content (AvgIpc) is 2.50. The van der Waals surface area contributed by atoms with Crippen LogP contribution in [0.1, 0.15) is 44.9 Å². The Morgan fingerprint density at radius 1 is 1.12 bits per heavy atom. The number of hydrogen-bond acceptors (Lipinski definition) is 3. The molecule has 0 aromatic heterocycles. The van der Waals surface area contributed by atoms with E-state index in [1.54, 1.807) is 0 Å².